The van der Waals surface area contributed by atoms with Crippen molar-refractivity contribution in [3.63, 3.8) is 0 Å². The lowest BCUT2D eigenvalue weighted by Crippen LogP contribution is -2.12. The van der Waals surface area contributed by atoms with Crippen molar-refractivity contribution in [3.8, 4) is 0 Å². The van der Waals surface area contributed by atoms with E-state index in [1.165, 1.54) is 0 Å². The van der Waals surface area contributed by atoms with Crippen LogP contribution in [0.4, 0.5) is 10.3 Å². The molecule has 1 aromatic rings. The molecule has 1 aromatic heterocycles. The lowest BCUT2D eigenvalue weighted by molar-refractivity contribution is -0.141. The van der Waals surface area contributed by atoms with Crippen molar-refractivity contribution in [1.29, 1.82) is 0 Å². The minimum Gasteiger partial charge on any atom is -0.481 e. The molecule has 0 bridgehead atoms. The maximum absolute atomic E-state index is 12.5. The third kappa shape index (κ3) is 4.20. The van der Waals surface area contributed by atoms with Gasteiger partial charge in [0.15, 0.2) is 5.82 Å². The number of nitrogens with zero attached hydrogens (tertiary/aromatic N) is 2. The lowest BCUT2D eigenvalue weighted by Gasteiger charge is -2.06. The maximum atomic E-state index is 12.5. The first-order valence-electron chi connectivity index (χ1n) is 5.04. The highest BCUT2D eigenvalue weighted by molar-refractivity contribution is 5.69. The van der Waals surface area contributed by atoms with Crippen LogP contribution in [0.5, 0.6) is 0 Å². The van der Waals surface area contributed by atoms with Gasteiger partial charge in [0, 0.05) is 6.54 Å². The van der Waals surface area contributed by atoms with E-state index >= 15 is 0 Å². The van der Waals surface area contributed by atoms with Crippen LogP contribution in [0.15, 0.2) is 12.4 Å². The average molecular weight is 227 g/mol. The zero-order chi connectivity index (χ0) is 12.0. The van der Waals surface area contributed by atoms with Gasteiger partial charge in [0.05, 0.1) is 18.3 Å². The number of carbonyl (C=O) groups is 1. The largest absolute Gasteiger partial charge is 0.481 e. The third-order valence-electron chi connectivity index (χ3n) is 2.14. The van der Waals surface area contributed by atoms with Crippen molar-refractivity contribution in [2.45, 2.75) is 19.8 Å². The highest BCUT2D eigenvalue weighted by Gasteiger charge is 2.09. The normalized spacial score (nSPS) is 12.1. The van der Waals surface area contributed by atoms with E-state index < -0.39 is 11.8 Å². The fourth-order valence-corrected chi connectivity index (χ4v) is 1.14. The summed E-state index contributed by atoms with van der Waals surface area (Å²) in [5.41, 5.74) is 0. The van der Waals surface area contributed by atoms with Crippen molar-refractivity contribution in [2.24, 2.45) is 5.92 Å². The van der Waals surface area contributed by atoms with Crippen molar-refractivity contribution in [3.05, 3.63) is 18.2 Å². The zero-order valence-corrected chi connectivity index (χ0v) is 8.98. The summed E-state index contributed by atoms with van der Waals surface area (Å²) in [6, 6.07) is 0. The molecular formula is C10H14FN3O2. The van der Waals surface area contributed by atoms with Gasteiger partial charge in [-0.2, -0.15) is 0 Å². The summed E-state index contributed by atoms with van der Waals surface area (Å²) in [5.74, 6) is -1.27. The van der Waals surface area contributed by atoms with Gasteiger partial charge in [0.25, 0.3) is 0 Å². The van der Waals surface area contributed by atoms with Gasteiger partial charge in [-0.1, -0.05) is 6.92 Å². The molecule has 88 valence electrons. The Kier molecular flexibility index (Phi) is 4.63. The van der Waals surface area contributed by atoms with Crippen LogP contribution < -0.4 is 5.32 Å². The Bertz CT molecular complexity index is 342. The summed E-state index contributed by atoms with van der Waals surface area (Å²) in [6.45, 7) is 2.24. The number of halogens is 1. The van der Waals surface area contributed by atoms with Crippen molar-refractivity contribution in [1.82, 2.24) is 9.97 Å². The van der Waals surface area contributed by atoms with Crippen LogP contribution in [-0.2, 0) is 4.79 Å². The van der Waals surface area contributed by atoms with Crippen LogP contribution >= 0.6 is 0 Å². The van der Waals surface area contributed by atoms with E-state index in [-0.39, 0.29) is 5.92 Å². The van der Waals surface area contributed by atoms with Gasteiger partial charge in [-0.05, 0) is 12.8 Å². The highest BCUT2D eigenvalue weighted by atomic mass is 19.1. The van der Waals surface area contributed by atoms with E-state index in [1.807, 2.05) is 0 Å². The molecule has 0 aliphatic rings. The Morgan fingerprint density at radius 2 is 2.19 bits per heavy atom. The van der Waals surface area contributed by atoms with Gasteiger partial charge >= 0.3 is 5.97 Å². The van der Waals surface area contributed by atoms with Gasteiger partial charge in [-0.3, -0.25) is 4.79 Å². The topological polar surface area (TPSA) is 75.1 Å². The quantitative estimate of drug-likeness (QED) is 0.721. The van der Waals surface area contributed by atoms with E-state index in [9.17, 15) is 9.18 Å². The molecule has 0 amide bonds. The number of anilines is 1. The number of aromatic nitrogens is 2. The summed E-state index contributed by atoms with van der Waals surface area (Å²) in [5, 5.41) is 11.5. The summed E-state index contributed by atoms with van der Waals surface area (Å²) < 4.78 is 12.5. The van der Waals surface area contributed by atoms with Crippen molar-refractivity contribution < 1.29 is 14.3 Å². The molecule has 0 spiro atoms. The molecule has 1 heterocycles. The summed E-state index contributed by atoms with van der Waals surface area (Å²) in [6.07, 6.45) is 3.45. The standard InChI is InChI=1S/C10H14FN3O2/c1-7(9(15)16)3-2-4-12-10-13-5-8(11)6-14-10/h5-7H,2-4H2,1H3,(H,15,16)(H,12,13,14). The first kappa shape index (κ1) is 12.4. The molecule has 1 atom stereocenters. The maximum Gasteiger partial charge on any atom is 0.306 e. The molecule has 2 N–H and O–H groups in total. The second-order valence-corrected chi connectivity index (χ2v) is 3.53. The number of carboxylic acid groups (broad SMARTS) is 1. The lowest BCUT2D eigenvalue weighted by atomic mass is 10.1. The summed E-state index contributed by atoms with van der Waals surface area (Å²) >= 11 is 0. The van der Waals surface area contributed by atoms with E-state index in [2.05, 4.69) is 15.3 Å². The number of hydrogen-bond donors (Lipinski definition) is 2. The van der Waals surface area contributed by atoms with Gasteiger partial charge in [0.2, 0.25) is 5.95 Å². The van der Waals surface area contributed by atoms with E-state index in [0.29, 0.717) is 25.3 Å². The fraction of sp³-hybridized carbons (Fsp3) is 0.500. The number of nitrogens with one attached hydrogen (secondary N) is 1. The summed E-state index contributed by atoms with van der Waals surface area (Å²) in [7, 11) is 0. The molecule has 0 fully saturated rings. The predicted octanol–water partition coefficient (Wildman–Crippen LogP) is 1.53. The smallest absolute Gasteiger partial charge is 0.306 e. The van der Waals surface area contributed by atoms with E-state index in [4.69, 9.17) is 5.11 Å². The SMILES string of the molecule is CC(CCCNc1ncc(F)cn1)C(=O)O. The second-order valence-electron chi connectivity index (χ2n) is 3.53. The molecule has 0 saturated carbocycles. The zero-order valence-electron chi connectivity index (χ0n) is 8.98. The van der Waals surface area contributed by atoms with Gasteiger partial charge in [-0.15, -0.1) is 0 Å². The van der Waals surface area contributed by atoms with Gasteiger partial charge < -0.3 is 10.4 Å². The summed E-state index contributed by atoms with van der Waals surface area (Å²) in [4.78, 5) is 17.9. The molecule has 5 nitrogen and oxygen atoms in total. The van der Waals surface area contributed by atoms with E-state index in [1.54, 1.807) is 6.92 Å². The molecule has 1 unspecified atom stereocenters. The number of rotatable bonds is 6. The number of hydrogen-bond acceptors (Lipinski definition) is 4. The molecule has 0 radical (unpaired) electrons. The van der Waals surface area contributed by atoms with Crippen LogP contribution in [0.25, 0.3) is 0 Å². The minimum absolute atomic E-state index is 0.351. The minimum atomic E-state index is -0.793. The van der Waals surface area contributed by atoms with Crippen LogP contribution in [0, 0.1) is 11.7 Å². The van der Waals surface area contributed by atoms with Crippen LogP contribution in [0.2, 0.25) is 0 Å². The van der Waals surface area contributed by atoms with Crippen molar-refractivity contribution >= 4 is 11.9 Å². The second kappa shape index (κ2) is 5.99. The Morgan fingerprint density at radius 1 is 1.56 bits per heavy atom. The Labute approximate surface area is 92.7 Å². The molecule has 6 heteroatoms. The van der Waals surface area contributed by atoms with Gasteiger partial charge in [-0.25, -0.2) is 14.4 Å². The molecule has 0 aromatic carbocycles. The fourth-order valence-electron chi connectivity index (χ4n) is 1.14. The van der Waals surface area contributed by atoms with Crippen LogP contribution in [0.3, 0.4) is 0 Å². The Morgan fingerprint density at radius 3 is 2.75 bits per heavy atom. The molecular weight excluding hydrogens is 213 g/mol. The average Bonchev–Trinajstić information content (AvgIpc) is 2.26. The van der Waals surface area contributed by atoms with Crippen molar-refractivity contribution in [2.75, 3.05) is 11.9 Å². The monoisotopic (exact) mass is 227 g/mol. The van der Waals surface area contributed by atoms with Crippen LogP contribution in [0.1, 0.15) is 19.8 Å². The first-order valence-corrected chi connectivity index (χ1v) is 5.04. The molecule has 1 rings (SSSR count). The molecule has 0 aliphatic carbocycles. The Hall–Kier alpha value is -1.72. The number of carboxylic acids is 1. The highest BCUT2D eigenvalue weighted by Crippen LogP contribution is 2.05. The molecule has 16 heavy (non-hydrogen) atoms. The first-order chi connectivity index (χ1) is 7.59. The van der Waals surface area contributed by atoms with Crippen LogP contribution in [-0.4, -0.2) is 27.6 Å². The van der Waals surface area contributed by atoms with E-state index in [0.717, 1.165) is 12.4 Å². The van der Waals surface area contributed by atoms with Gasteiger partial charge in [0.1, 0.15) is 0 Å². The molecule has 0 aliphatic heterocycles. The predicted molar refractivity (Wildman–Crippen MR) is 56.5 cm³/mol. The molecule has 0 saturated heterocycles. The third-order valence-corrected chi connectivity index (χ3v) is 2.14. The Balaban J connectivity index is 2.21. The number of aliphatic carboxylic acids is 1.